The molecule has 0 spiro atoms. The normalized spacial score (nSPS) is 18.8. The highest BCUT2D eigenvalue weighted by Gasteiger charge is 2.33. The van der Waals surface area contributed by atoms with Gasteiger partial charge in [-0.15, -0.1) is 0 Å². The van der Waals surface area contributed by atoms with Gasteiger partial charge < -0.3 is 10.1 Å². The monoisotopic (exact) mass is 436 g/mol. The summed E-state index contributed by atoms with van der Waals surface area (Å²) in [7, 11) is -3.65. The molecule has 0 bridgehead atoms. The van der Waals surface area contributed by atoms with Gasteiger partial charge in [0.1, 0.15) is 12.4 Å². The van der Waals surface area contributed by atoms with E-state index in [-0.39, 0.29) is 29.3 Å². The van der Waals surface area contributed by atoms with Crippen LogP contribution in [0.25, 0.3) is 0 Å². The Labute approximate surface area is 176 Å². The number of amides is 1. The molecule has 3 rings (SSSR count). The number of piperidine rings is 1. The average Bonchev–Trinajstić information content (AvgIpc) is 2.73. The molecule has 8 heteroatoms. The lowest BCUT2D eigenvalue weighted by molar-refractivity contribution is -0.126. The van der Waals surface area contributed by atoms with Crippen LogP contribution in [0.5, 0.6) is 5.75 Å². The molecule has 0 aliphatic carbocycles. The predicted molar refractivity (Wildman–Crippen MR) is 112 cm³/mol. The summed E-state index contributed by atoms with van der Waals surface area (Å²) in [5.74, 6) is 0.210. The molecular weight excluding hydrogens is 412 g/mol. The van der Waals surface area contributed by atoms with E-state index in [1.165, 1.54) is 16.4 Å². The van der Waals surface area contributed by atoms with Crippen LogP contribution in [-0.4, -0.2) is 44.4 Å². The number of sulfonamides is 1. The van der Waals surface area contributed by atoms with Gasteiger partial charge in [-0.25, -0.2) is 8.42 Å². The maximum absolute atomic E-state index is 12.9. The molecule has 6 nitrogen and oxygen atoms in total. The van der Waals surface area contributed by atoms with E-state index in [1.807, 2.05) is 37.3 Å². The summed E-state index contributed by atoms with van der Waals surface area (Å²) in [6.07, 6.45) is 1.30. The Hall–Kier alpha value is -2.09. The molecule has 2 aromatic rings. The molecule has 1 amide bonds. The molecule has 0 radical (unpaired) electrons. The molecular formula is C21H25ClN2O4S. The fourth-order valence-electron chi connectivity index (χ4n) is 3.27. The number of carbonyl (C=O) groups excluding carboxylic acids is 1. The van der Waals surface area contributed by atoms with Crippen LogP contribution < -0.4 is 10.1 Å². The van der Waals surface area contributed by atoms with E-state index in [4.69, 9.17) is 16.3 Å². The zero-order valence-corrected chi connectivity index (χ0v) is 17.8. The van der Waals surface area contributed by atoms with E-state index >= 15 is 0 Å². The van der Waals surface area contributed by atoms with Crippen molar-refractivity contribution in [1.29, 1.82) is 0 Å². The lowest BCUT2D eigenvalue weighted by Gasteiger charge is -2.31. The van der Waals surface area contributed by atoms with Crippen molar-refractivity contribution in [3.8, 4) is 5.75 Å². The second-order valence-electron chi connectivity index (χ2n) is 7.19. The van der Waals surface area contributed by atoms with Crippen LogP contribution in [0.4, 0.5) is 0 Å². The van der Waals surface area contributed by atoms with E-state index in [2.05, 4.69) is 5.32 Å². The third-order valence-corrected chi connectivity index (χ3v) is 6.97. The van der Waals surface area contributed by atoms with E-state index in [0.717, 1.165) is 5.75 Å². The Morgan fingerprint density at radius 1 is 1.21 bits per heavy atom. The molecule has 1 N–H and O–H groups in total. The standard InChI is InChI=1S/C21H25ClN2O4S/c1-16(15-28-19-7-3-2-4-8-19)23-21(25)17-6-5-13-24(14-17)29(26,27)20-11-9-18(22)10-12-20/h2-4,7-12,16-17H,5-6,13-15H2,1H3,(H,23,25)/t16-,17-/m0/s1. The number of nitrogens with one attached hydrogen (secondary N) is 1. The molecule has 156 valence electrons. The molecule has 2 atom stereocenters. The number of ether oxygens (including phenoxy) is 1. The molecule has 1 aliphatic rings. The molecule has 1 heterocycles. The molecule has 0 aromatic heterocycles. The fourth-order valence-corrected chi connectivity index (χ4v) is 4.92. The Morgan fingerprint density at radius 2 is 1.90 bits per heavy atom. The third kappa shape index (κ3) is 5.72. The minimum Gasteiger partial charge on any atom is -0.491 e. The van der Waals surface area contributed by atoms with Gasteiger partial charge in [0.2, 0.25) is 15.9 Å². The predicted octanol–water partition coefficient (Wildman–Crippen LogP) is 3.32. The lowest BCUT2D eigenvalue weighted by Crippen LogP contribution is -2.48. The highest BCUT2D eigenvalue weighted by atomic mass is 35.5. The number of benzene rings is 2. The van der Waals surface area contributed by atoms with Crippen molar-refractivity contribution in [3.05, 3.63) is 59.6 Å². The highest BCUT2D eigenvalue weighted by molar-refractivity contribution is 7.89. The molecule has 0 saturated carbocycles. The summed E-state index contributed by atoms with van der Waals surface area (Å²) >= 11 is 5.85. The summed E-state index contributed by atoms with van der Waals surface area (Å²) in [5.41, 5.74) is 0. The summed E-state index contributed by atoms with van der Waals surface area (Å²) < 4.78 is 32.8. The van der Waals surface area contributed by atoms with E-state index in [9.17, 15) is 13.2 Å². The molecule has 1 saturated heterocycles. The second kappa shape index (κ2) is 9.61. The fraction of sp³-hybridized carbons (Fsp3) is 0.381. The topological polar surface area (TPSA) is 75.7 Å². The third-order valence-electron chi connectivity index (χ3n) is 4.84. The van der Waals surface area contributed by atoms with Crippen molar-refractivity contribution in [2.45, 2.75) is 30.7 Å². The first-order valence-corrected chi connectivity index (χ1v) is 11.4. The van der Waals surface area contributed by atoms with Crippen molar-refractivity contribution in [1.82, 2.24) is 9.62 Å². The van der Waals surface area contributed by atoms with Crippen LogP contribution in [0, 0.1) is 5.92 Å². The Balaban J connectivity index is 1.56. The van der Waals surface area contributed by atoms with Crippen LogP contribution >= 0.6 is 11.6 Å². The van der Waals surface area contributed by atoms with E-state index < -0.39 is 10.0 Å². The van der Waals surface area contributed by atoms with Gasteiger partial charge in [-0.1, -0.05) is 29.8 Å². The van der Waals surface area contributed by atoms with Gasteiger partial charge in [0, 0.05) is 18.1 Å². The molecule has 1 aliphatic heterocycles. The van der Waals surface area contributed by atoms with Gasteiger partial charge in [0.15, 0.2) is 0 Å². The van der Waals surface area contributed by atoms with Crippen LogP contribution in [0.15, 0.2) is 59.5 Å². The highest BCUT2D eigenvalue weighted by Crippen LogP contribution is 2.25. The van der Waals surface area contributed by atoms with Gasteiger partial charge in [0.05, 0.1) is 16.9 Å². The average molecular weight is 437 g/mol. The zero-order valence-electron chi connectivity index (χ0n) is 16.3. The molecule has 29 heavy (non-hydrogen) atoms. The van der Waals surface area contributed by atoms with Crippen LogP contribution in [0.3, 0.4) is 0 Å². The Bertz CT molecular complexity index is 919. The minimum atomic E-state index is -3.65. The van der Waals surface area contributed by atoms with Crippen molar-refractivity contribution in [2.75, 3.05) is 19.7 Å². The van der Waals surface area contributed by atoms with Crippen LogP contribution in [0.2, 0.25) is 5.02 Å². The number of carbonyl (C=O) groups is 1. The smallest absolute Gasteiger partial charge is 0.243 e. The number of para-hydroxylation sites is 1. The van der Waals surface area contributed by atoms with Crippen molar-refractivity contribution >= 4 is 27.5 Å². The number of halogens is 1. The van der Waals surface area contributed by atoms with E-state index in [1.54, 1.807) is 12.1 Å². The van der Waals surface area contributed by atoms with Gasteiger partial charge in [-0.05, 0) is 56.2 Å². The maximum Gasteiger partial charge on any atom is 0.243 e. The molecule has 1 fully saturated rings. The first-order chi connectivity index (χ1) is 13.9. The van der Waals surface area contributed by atoms with E-state index in [0.29, 0.717) is 31.0 Å². The number of nitrogens with zero attached hydrogens (tertiary/aromatic N) is 1. The lowest BCUT2D eigenvalue weighted by atomic mass is 9.98. The second-order valence-corrected chi connectivity index (χ2v) is 9.56. The Morgan fingerprint density at radius 3 is 2.59 bits per heavy atom. The number of rotatable bonds is 7. The minimum absolute atomic E-state index is 0.148. The van der Waals surface area contributed by atoms with Gasteiger partial charge >= 0.3 is 0 Å². The van der Waals surface area contributed by atoms with Crippen LogP contribution in [0.1, 0.15) is 19.8 Å². The summed E-state index contributed by atoms with van der Waals surface area (Å²) in [6.45, 7) is 2.78. The number of hydrogen-bond acceptors (Lipinski definition) is 4. The largest absolute Gasteiger partial charge is 0.491 e. The Kier molecular flexibility index (Phi) is 7.16. The van der Waals surface area contributed by atoms with Gasteiger partial charge in [-0.3, -0.25) is 4.79 Å². The van der Waals surface area contributed by atoms with Crippen molar-refractivity contribution < 1.29 is 17.9 Å². The summed E-state index contributed by atoms with van der Waals surface area (Å²) in [4.78, 5) is 12.9. The van der Waals surface area contributed by atoms with Gasteiger partial charge in [0.25, 0.3) is 0 Å². The maximum atomic E-state index is 12.9. The first kappa shape index (κ1) is 21.6. The quantitative estimate of drug-likeness (QED) is 0.722. The summed E-state index contributed by atoms with van der Waals surface area (Å²) in [6, 6.07) is 15.3. The van der Waals surface area contributed by atoms with Gasteiger partial charge in [-0.2, -0.15) is 4.31 Å². The number of hydrogen-bond donors (Lipinski definition) is 1. The van der Waals surface area contributed by atoms with Crippen molar-refractivity contribution in [2.24, 2.45) is 5.92 Å². The molecule has 2 aromatic carbocycles. The zero-order chi connectivity index (χ0) is 20.9. The van der Waals surface area contributed by atoms with Crippen molar-refractivity contribution in [3.63, 3.8) is 0 Å². The first-order valence-electron chi connectivity index (χ1n) is 9.60. The molecule has 0 unspecified atom stereocenters. The van der Waals surface area contributed by atoms with Crippen LogP contribution in [-0.2, 0) is 14.8 Å². The summed E-state index contributed by atoms with van der Waals surface area (Å²) in [5, 5.41) is 3.41. The SMILES string of the molecule is C[C@@H](COc1ccccc1)NC(=O)[C@H]1CCCN(S(=O)(=O)c2ccc(Cl)cc2)C1.